The summed E-state index contributed by atoms with van der Waals surface area (Å²) >= 11 is 0. The Bertz CT molecular complexity index is 1790. The lowest BCUT2D eigenvalue weighted by Crippen LogP contribution is -2.41. The molecule has 0 aliphatic heterocycles. The van der Waals surface area contributed by atoms with Crippen LogP contribution in [0.25, 0.3) is 0 Å². The van der Waals surface area contributed by atoms with E-state index in [0.29, 0.717) is 33.5 Å². The normalized spacial score (nSPS) is 35.8. The molecule has 4 nitrogen and oxygen atoms in total. The highest BCUT2D eigenvalue weighted by atomic mass is 16.5. The molecule has 0 saturated heterocycles. The Morgan fingerprint density at radius 1 is 0.571 bits per heavy atom. The van der Waals surface area contributed by atoms with Crippen LogP contribution in [0, 0.1) is 69.0 Å². The Morgan fingerprint density at radius 2 is 0.914 bits per heavy atom. The highest BCUT2D eigenvalue weighted by molar-refractivity contribution is 5.36. The SMILES string of the molecule is C=C1[C@H](C)C/C(=C/C(C)=C2\CCC[C@@]3(C)C2CCC3[C@@H](C)C(C)(C)CCC(C)(C)OC)C[C@H]1OC.C=C1[C@H](C)C/C(=C/C(C)=C2\CCC[C@@]3(C)C2CCC3[C@H](C)C(C)(C)CCC(C)(C)OC)C[C@H]1OC. The van der Waals surface area contributed by atoms with E-state index in [1.54, 1.807) is 33.4 Å². The predicted molar refractivity (Wildman–Crippen MR) is 301 cm³/mol. The lowest BCUT2D eigenvalue weighted by Gasteiger charge is -2.48. The van der Waals surface area contributed by atoms with Gasteiger partial charge in [-0.3, -0.25) is 0 Å². The fraction of sp³-hybridized carbons (Fsp3) is 0.818. The van der Waals surface area contributed by atoms with Crippen LogP contribution in [0.15, 0.2) is 69.9 Å². The summed E-state index contributed by atoms with van der Waals surface area (Å²) in [6, 6.07) is 0. The van der Waals surface area contributed by atoms with Crippen LogP contribution in [-0.2, 0) is 18.9 Å². The molecular formula is C66H112O4. The minimum atomic E-state index is -0.0325. The Balaban J connectivity index is 0.000000261. The minimum Gasteiger partial charge on any atom is -0.379 e. The summed E-state index contributed by atoms with van der Waals surface area (Å²) in [6.07, 6.45) is 28.0. The van der Waals surface area contributed by atoms with E-state index >= 15 is 0 Å². The molecular weight excluding hydrogens is 857 g/mol. The van der Waals surface area contributed by atoms with Crippen molar-refractivity contribution < 1.29 is 18.9 Å². The molecule has 6 aliphatic rings. The van der Waals surface area contributed by atoms with Gasteiger partial charge in [-0.25, -0.2) is 0 Å². The molecule has 0 aromatic rings. The van der Waals surface area contributed by atoms with Crippen molar-refractivity contribution in [3.05, 3.63) is 69.9 Å². The summed E-state index contributed by atoms with van der Waals surface area (Å²) in [7, 11) is 7.38. The quantitative estimate of drug-likeness (QED) is 0.144. The second-order valence-corrected chi connectivity index (χ2v) is 27.9. The van der Waals surface area contributed by atoms with Crippen molar-refractivity contribution in [2.45, 2.75) is 250 Å². The van der Waals surface area contributed by atoms with Crippen LogP contribution < -0.4 is 0 Å². The predicted octanol–water partition coefficient (Wildman–Crippen LogP) is 18.6. The highest BCUT2D eigenvalue weighted by Crippen LogP contribution is 2.64. The van der Waals surface area contributed by atoms with Gasteiger partial charge in [0, 0.05) is 28.4 Å². The Morgan fingerprint density at radius 3 is 1.23 bits per heavy atom. The van der Waals surface area contributed by atoms with Gasteiger partial charge in [0.1, 0.15) is 0 Å². The third kappa shape index (κ3) is 13.2. The second-order valence-electron chi connectivity index (χ2n) is 27.9. The second kappa shape index (κ2) is 23.4. The molecule has 0 bridgehead atoms. The molecule has 6 fully saturated rings. The number of hydrogen-bond acceptors (Lipinski definition) is 4. The molecule has 0 aromatic heterocycles. The van der Waals surface area contributed by atoms with E-state index in [2.05, 4.69) is 136 Å². The average Bonchev–Trinajstić information content (AvgIpc) is 3.85. The van der Waals surface area contributed by atoms with E-state index < -0.39 is 0 Å². The van der Waals surface area contributed by atoms with E-state index in [1.807, 2.05) is 28.4 Å². The molecule has 6 rings (SSSR count). The molecule has 6 saturated carbocycles. The molecule has 0 amide bonds. The zero-order valence-corrected chi connectivity index (χ0v) is 49.7. The molecule has 0 N–H and O–H groups in total. The molecule has 6 aliphatic carbocycles. The molecule has 12 atom stereocenters. The smallest absolute Gasteiger partial charge is 0.0818 e. The summed E-state index contributed by atoms with van der Waals surface area (Å²) in [4.78, 5) is 0. The summed E-state index contributed by atoms with van der Waals surface area (Å²) in [5, 5.41) is 0. The number of rotatable bonds is 16. The van der Waals surface area contributed by atoms with Crippen LogP contribution in [0.2, 0.25) is 0 Å². The van der Waals surface area contributed by atoms with Gasteiger partial charge in [-0.2, -0.15) is 0 Å². The molecule has 0 heterocycles. The maximum Gasteiger partial charge on any atom is 0.0818 e. The van der Waals surface area contributed by atoms with Crippen molar-refractivity contribution in [2.75, 3.05) is 28.4 Å². The van der Waals surface area contributed by atoms with E-state index in [4.69, 9.17) is 18.9 Å². The summed E-state index contributed by atoms with van der Waals surface area (Å²) < 4.78 is 23.0. The van der Waals surface area contributed by atoms with Crippen LogP contribution in [0.3, 0.4) is 0 Å². The molecule has 400 valence electrons. The van der Waals surface area contributed by atoms with Gasteiger partial charge in [0.25, 0.3) is 0 Å². The van der Waals surface area contributed by atoms with Gasteiger partial charge < -0.3 is 18.9 Å². The van der Waals surface area contributed by atoms with Crippen LogP contribution in [-0.4, -0.2) is 51.8 Å². The fourth-order valence-corrected chi connectivity index (χ4v) is 15.7. The first-order valence-corrected chi connectivity index (χ1v) is 28.8. The third-order valence-electron chi connectivity index (χ3n) is 22.1. The third-order valence-corrected chi connectivity index (χ3v) is 22.1. The van der Waals surface area contributed by atoms with Crippen molar-refractivity contribution in [3.8, 4) is 0 Å². The topological polar surface area (TPSA) is 36.9 Å². The van der Waals surface area contributed by atoms with Gasteiger partial charge in [-0.1, -0.05) is 128 Å². The van der Waals surface area contributed by atoms with E-state index in [-0.39, 0.29) is 23.4 Å². The fourth-order valence-electron chi connectivity index (χ4n) is 15.7. The number of fused-ring (bicyclic) bond motifs is 2. The standard InChI is InChI=1S/2C33H56O2/c2*1-22-19-26(21-30(34-10)24(22)3)20-23(2)27-13-12-16-33(9)28(14-15-29(27)33)25(4)31(5,6)17-18-32(7,8)35-11/h2*20,22,25,28-30H,3,12-19,21H2,1-2,4-11H3/b2*26-20-,27-23+/t22-,25+,28?,29?,30-,33-;22-,25-,28?,29?,30-,33-/m11/s1. The maximum absolute atomic E-state index is 5.77. The summed E-state index contributed by atoms with van der Waals surface area (Å²) in [5.41, 5.74) is 13.7. The van der Waals surface area contributed by atoms with E-state index in [1.165, 1.54) is 88.2 Å². The van der Waals surface area contributed by atoms with Crippen molar-refractivity contribution >= 4 is 0 Å². The van der Waals surface area contributed by atoms with Gasteiger partial charge in [-0.05, 0) is 237 Å². The number of allylic oxidation sites excluding steroid dienone is 6. The van der Waals surface area contributed by atoms with Crippen LogP contribution in [0.1, 0.15) is 226 Å². The number of hydrogen-bond donors (Lipinski definition) is 0. The summed E-state index contributed by atoms with van der Waals surface area (Å²) in [5.74, 6) is 5.57. The highest BCUT2D eigenvalue weighted by Gasteiger charge is 2.55. The molecule has 0 radical (unpaired) electrons. The van der Waals surface area contributed by atoms with E-state index in [9.17, 15) is 0 Å². The average molecular weight is 970 g/mol. The minimum absolute atomic E-state index is 0.0325. The van der Waals surface area contributed by atoms with Gasteiger partial charge in [0.2, 0.25) is 0 Å². The molecule has 0 aromatic carbocycles. The van der Waals surface area contributed by atoms with Crippen molar-refractivity contribution in [2.24, 2.45) is 69.0 Å². The van der Waals surface area contributed by atoms with Gasteiger partial charge in [0.15, 0.2) is 0 Å². The first kappa shape index (κ1) is 59.2. The van der Waals surface area contributed by atoms with Gasteiger partial charge in [0.05, 0.1) is 23.4 Å². The maximum atomic E-state index is 5.77. The number of ether oxygens (including phenoxy) is 4. The lowest BCUT2D eigenvalue weighted by molar-refractivity contribution is -0.0119. The van der Waals surface area contributed by atoms with Gasteiger partial charge in [-0.15, -0.1) is 0 Å². The first-order chi connectivity index (χ1) is 32.5. The van der Waals surface area contributed by atoms with Crippen molar-refractivity contribution in [3.63, 3.8) is 0 Å². The van der Waals surface area contributed by atoms with Gasteiger partial charge >= 0.3 is 0 Å². The van der Waals surface area contributed by atoms with Crippen LogP contribution in [0.4, 0.5) is 0 Å². The zero-order chi connectivity index (χ0) is 52.4. The molecule has 4 unspecified atom stereocenters. The monoisotopic (exact) mass is 969 g/mol. The molecule has 4 heteroatoms. The Hall–Kier alpha value is -1.72. The number of methoxy groups -OCH3 is 4. The Kier molecular flexibility index (Phi) is 19.8. The largest absolute Gasteiger partial charge is 0.379 e. The van der Waals surface area contributed by atoms with Crippen LogP contribution >= 0.6 is 0 Å². The van der Waals surface area contributed by atoms with Crippen LogP contribution in [0.5, 0.6) is 0 Å². The zero-order valence-electron chi connectivity index (χ0n) is 49.7. The van der Waals surface area contributed by atoms with E-state index in [0.717, 1.165) is 74.0 Å². The Labute approximate surface area is 434 Å². The molecule has 70 heavy (non-hydrogen) atoms. The summed E-state index contributed by atoms with van der Waals surface area (Å²) in [6.45, 7) is 47.4. The first-order valence-electron chi connectivity index (χ1n) is 28.8. The molecule has 0 spiro atoms. The van der Waals surface area contributed by atoms with Crippen molar-refractivity contribution in [1.29, 1.82) is 0 Å². The lowest BCUT2D eigenvalue weighted by atomic mass is 9.56. The van der Waals surface area contributed by atoms with Crippen molar-refractivity contribution in [1.82, 2.24) is 0 Å².